The third-order valence-electron chi connectivity index (χ3n) is 8.13. The van der Waals surface area contributed by atoms with Crippen LogP contribution >= 0.6 is 11.6 Å². The molecule has 16 heteroatoms. The number of alkyl halides is 6. The summed E-state index contributed by atoms with van der Waals surface area (Å²) < 4.78 is 141. The summed E-state index contributed by atoms with van der Waals surface area (Å²) in [5.74, 6) is -4.07. The largest absolute Gasteiger partial charge is 0.494 e. The average molecular weight is 757 g/mol. The van der Waals surface area contributed by atoms with Gasteiger partial charge in [-0.2, -0.15) is 26.3 Å². The van der Waals surface area contributed by atoms with Crippen LogP contribution < -0.4 is 5.46 Å². The maximum atomic E-state index is 13.5. The monoisotopic (exact) mass is 756 g/mol. The van der Waals surface area contributed by atoms with Gasteiger partial charge in [-0.05, 0) is 87.5 Å². The molecule has 0 saturated carbocycles. The Morgan fingerprint density at radius 2 is 1.10 bits per heavy atom. The number of nitrogens with zero attached hydrogens (tertiary/aromatic N) is 2. The van der Waals surface area contributed by atoms with Gasteiger partial charge in [0.1, 0.15) is 0 Å². The molecule has 1 aliphatic heterocycles. The standard InChI is InChI=1S/C15H8F5N.C13H17BF2O2.C8H3ClF3N/c1-8-6-9(7-11(16)14(8)17)13-10(15(18,19)20)4-3-5-12(13)21-2;1-8-6-9(7-10(15)11(8)16)14-17-12(2,3)13(4,5)18-14;1-13-6-4-2-3-5(7(6)9)8(10,11)12/h3-7H,1H3;6-7H,1-5H3;2-4H. The molecule has 0 atom stereocenters. The summed E-state index contributed by atoms with van der Waals surface area (Å²) in [5, 5.41) is -0.537. The van der Waals surface area contributed by atoms with Crippen molar-refractivity contribution in [1.29, 1.82) is 0 Å². The Labute approximate surface area is 298 Å². The van der Waals surface area contributed by atoms with E-state index in [1.807, 2.05) is 27.7 Å². The van der Waals surface area contributed by atoms with Crippen LogP contribution in [0.2, 0.25) is 5.02 Å². The van der Waals surface area contributed by atoms with Gasteiger partial charge in [0.05, 0.1) is 40.5 Å². The molecule has 1 saturated heterocycles. The molecule has 0 aromatic heterocycles. The van der Waals surface area contributed by atoms with Crippen LogP contribution in [0.25, 0.3) is 20.8 Å². The lowest BCUT2D eigenvalue weighted by Gasteiger charge is -2.32. The fraction of sp³-hybridized carbons (Fsp3) is 0.278. The van der Waals surface area contributed by atoms with Gasteiger partial charge in [0.15, 0.2) is 29.0 Å². The first-order chi connectivity index (χ1) is 23.9. The molecule has 0 unspecified atom stereocenters. The highest BCUT2D eigenvalue weighted by Crippen LogP contribution is 2.43. The molecule has 5 rings (SSSR count). The molecule has 0 radical (unpaired) electrons. The smallest absolute Gasteiger partial charge is 0.399 e. The molecule has 1 heterocycles. The van der Waals surface area contributed by atoms with Crippen LogP contribution in [-0.2, 0) is 21.7 Å². The second-order valence-corrected chi connectivity index (χ2v) is 12.7. The first-order valence-electron chi connectivity index (χ1n) is 14.9. The summed E-state index contributed by atoms with van der Waals surface area (Å²) in [6, 6.07) is 10.8. The topological polar surface area (TPSA) is 27.2 Å². The van der Waals surface area contributed by atoms with Gasteiger partial charge in [-0.3, -0.25) is 0 Å². The van der Waals surface area contributed by atoms with Gasteiger partial charge >= 0.3 is 19.5 Å². The van der Waals surface area contributed by atoms with Gasteiger partial charge in [0, 0.05) is 0 Å². The first-order valence-corrected chi connectivity index (χ1v) is 15.3. The van der Waals surface area contributed by atoms with Crippen molar-refractivity contribution in [2.24, 2.45) is 0 Å². The zero-order valence-electron chi connectivity index (χ0n) is 28.2. The molecule has 0 amide bonds. The van der Waals surface area contributed by atoms with E-state index >= 15 is 0 Å². The average Bonchev–Trinajstić information content (AvgIpc) is 3.27. The number of hydrogen-bond acceptors (Lipinski definition) is 2. The number of rotatable bonds is 2. The van der Waals surface area contributed by atoms with Gasteiger partial charge in [0.25, 0.3) is 0 Å². The highest BCUT2D eigenvalue weighted by molar-refractivity contribution is 6.62. The van der Waals surface area contributed by atoms with Crippen LogP contribution in [-0.4, -0.2) is 18.3 Å². The second-order valence-electron chi connectivity index (χ2n) is 12.4. The van der Waals surface area contributed by atoms with Gasteiger partial charge in [-0.1, -0.05) is 54.1 Å². The minimum atomic E-state index is -4.70. The summed E-state index contributed by atoms with van der Waals surface area (Å²) >= 11 is 5.36. The maximum Gasteiger partial charge on any atom is 0.494 e. The Bertz CT molecular complexity index is 1990. The second kappa shape index (κ2) is 15.6. The van der Waals surface area contributed by atoms with Gasteiger partial charge in [-0.25, -0.2) is 27.3 Å². The normalized spacial score (nSPS) is 14.7. The highest BCUT2D eigenvalue weighted by Gasteiger charge is 2.52. The molecule has 4 aromatic rings. The predicted molar refractivity (Wildman–Crippen MR) is 177 cm³/mol. The van der Waals surface area contributed by atoms with Gasteiger partial charge in [-0.15, -0.1) is 0 Å². The molecule has 0 aliphatic carbocycles. The molecule has 0 spiro atoms. The van der Waals surface area contributed by atoms with Crippen LogP contribution in [0.4, 0.5) is 55.3 Å². The number of halogens is 11. The van der Waals surface area contributed by atoms with Crippen LogP contribution in [0.1, 0.15) is 49.9 Å². The van der Waals surface area contributed by atoms with Crippen molar-refractivity contribution in [3.8, 4) is 11.1 Å². The number of aryl methyl sites for hydroxylation is 2. The first kappa shape index (κ1) is 41.9. The van der Waals surface area contributed by atoms with Crippen molar-refractivity contribution < 1.29 is 53.2 Å². The van der Waals surface area contributed by atoms with E-state index in [-0.39, 0.29) is 28.1 Å². The Kier molecular flexibility index (Phi) is 12.5. The molecule has 274 valence electrons. The fourth-order valence-corrected chi connectivity index (χ4v) is 5.01. The van der Waals surface area contributed by atoms with Crippen LogP contribution in [0.3, 0.4) is 0 Å². The quantitative estimate of drug-likeness (QED) is 0.116. The Hall–Kier alpha value is -4.57. The van der Waals surface area contributed by atoms with Crippen molar-refractivity contribution in [2.45, 2.75) is 65.1 Å². The minimum Gasteiger partial charge on any atom is -0.399 e. The maximum absolute atomic E-state index is 13.5. The zero-order valence-corrected chi connectivity index (χ0v) is 29.0. The molecule has 1 fully saturated rings. The fourth-order valence-electron chi connectivity index (χ4n) is 4.74. The van der Waals surface area contributed by atoms with Crippen molar-refractivity contribution in [3.63, 3.8) is 0 Å². The SMILES string of the molecule is Cc1cc(B2OC(C)(C)C(C)(C)O2)cc(F)c1F.[C-]#[N+]c1cccc(C(F)(F)F)c1-c1cc(C)c(F)c(F)c1.[C-]#[N+]c1cccc(C(F)(F)F)c1Cl. The Morgan fingerprint density at radius 1 is 0.654 bits per heavy atom. The van der Waals surface area contributed by atoms with E-state index in [2.05, 4.69) is 9.69 Å². The van der Waals surface area contributed by atoms with E-state index in [4.69, 9.17) is 34.1 Å². The van der Waals surface area contributed by atoms with Crippen molar-refractivity contribution >= 4 is 35.6 Å². The summed E-state index contributed by atoms with van der Waals surface area (Å²) in [6.07, 6.45) is -9.20. The zero-order chi connectivity index (χ0) is 39.6. The third-order valence-corrected chi connectivity index (χ3v) is 8.53. The molecule has 1 aliphatic rings. The van der Waals surface area contributed by atoms with Crippen LogP contribution in [0, 0.1) is 50.3 Å². The lowest BCUT2D eigenvalue weighted by molar-refractivity contribution is -0.138. The lowest BCUT2D eigenvalue weighted by Crippen LogP contribution is -2.41. The molecule has 4 nitrogen and oxygen atoms in total. The summed E-state index contributed by atoms with van der Waals surface area (Å²) in [7, 11) is -0.663. The van der Waals surface area contributed by atoms with E-state index in [0.717, 1.165) is 36.4 Å². The number of hydrogen-bond donors (Lipinski definition) is 0. The van der Waals surface area contributed by atoms with E-state index in [1.165, 1.54) is 26.0 Å². The summed E-state index contributed by atoms with van der Waals surface area (Å²) in [6.45, 7) is 24.0. The van der Waals surface area contributed by atoms with E-state index in [9.17, 15) is 43.9 Å². The molecular formula is C36H28BClF10N2O2. The van der Waals surface area contributed by atoms with E-state index < -0.39 is 75.7 Å². The Morgan fingerprint density at radius 3 is 1.54 bits per heavy atom. The summed E-state index contributed by atoms with van der Waals surface area (Å²) in [5.41, 5.74) is -3.45. The predicted octanol–water partition coefficient (Wildman–Crippen LogP) is 12.0. The van der Waals surface area contributed by atoms with E-state index in [1.54, 1.807) is 6.07 Å². The molecule has 0 N–H and O–H groups in total. The van der Waals surface area contributed by atoms with Crippen LogP contribution in [0.15, 0.2) is 60.7 Å². The van der Waals surface area contributed by atoms with Gasteiger partial charge in [0.2, 0.25) is 5.69 Å². The number of benzene rings is 4. The third kappa shape index (κ3) is 9.26. The molecule has 52 heavy (non-hydrogen) atoms. The van der Waals surface area contributed by atoms with Crippen molar-refractivity contribution in [1.82, 2.24) is 0 Å². The van der Waals surface area contributed by atoms with Crippen molar-refractivity contribution in [3.05, 3.63) is 134 Å². The van der Waals surface area contributed by atoms with Crippen molar-refractivity contribution in [2.75, 3.05) is 0 Å². The molecular weight excluding hydrogens is 729 g/mol. The molecule has 0 bridgehead atoms. The highest BCUT2D eigenvalue weighted by atomic mass is 35.5. The minimum absolute atomic E-state index is 0.127. The summed E-state index contributed by atoms with van der Waals surface area (Å²) in [4.78, 5) is 5.90. The molecule has 4 aromatic carbocycles. The Balaban J connectivity index is 0.000000216. The lowest BCUT2D eigenvalue weighted by atomic mass is 9.78. The van der Waals surface area contributed by atoms with Crippen LogP contribution in [0.5, 0.6) is 0 Å². The van der Waals surface area contributed by atoms with Gasteiger partial charge < -0.3 is 9.31 Å². The van der Waals surface area contributed by atoms with E-state index in [0.29, 0.717) is 11.5 Å².